The standard InChI is InChI=1S/2C25H33N5O2.ClH/c2*1-16(30-9-11-32-12-10-30)24(31)29(4)18-6-5-17-13-21(26-20(17)14-18)23-19-7-8-25(2,3)15-22(19)27-28-23;/h2*5-6,13-14,16,26H,7-12,15H2,1-4H3,(H,27,28);1H/t2*16-;/m00./s1. The van der Waals surface area contributed by atoms with Crippen molar-refractivity contribution in [3.63, 3.8) is 0 Å². The van der Waals surface area contributed by atoms with Gasteiger partial charge in [0.05, 0.1) is 49.9 Å². The van der Waals surface area contributed by atoms with Crippen molar-refractivity contribution in [2.45, 2.75) is 92.2 Å². The number of nitrogens with one attached hydrogen (secondary N) is 4. The topological polar surface area (TPSA) is 154 Å². The van der Waals surface area contributed by atoms with Gasteiger partial charge in [-0.2, -0.15) is 10.2 Å². The average molecular weight is 908 g/mol. The highest BCUT2D eigenvalue weighted by molar-refractivity contribution is 6.00. The molecule has 65 heavy (non-hydrogen) atoms. The lowest BCUT2D eigenvalue weighted by Gasteiger charge is -2.33. The maximum absolute atomic E-state index is 13.1. The quantitative estimate of drug-likeness (QED) is 0.120. The number of rotatable bonds is 8. The van der Waals surface area contributed by atoms with Gasteiger partial charge in [-0.1, -0.05) is 39.8 Å². The van der Waals surface area contributed by atoms with E-state index in [1.54, 1.807) is 9.80 Å². The number of benzene rings is 2. The fourth-order valence-corrected chi connectivity index (χ4v) is 10.1. The highest BCUT2D eigenvalue weighted by Crippen LogP contribution is 2.40. The normalized spacial score (nSPS) is 19.3. The molecule has 4 N–H and O–H groups in total. The minimum absolute atomic E-state index is 0. The Morgan fingerprint density at radius 3 is 1.40 bits per heavy atom. The summed E-state index contributed by atoms with van der Waals surface area (Å²) in [5.41, 5.74) is 13.8. The molecule has 2 aliphatic heterocycles. The second-order valence-corrected chi connectivity index (χ2v) is 20.1. The van der Waals surface area contributed by atoms with E-state index in [0.717, 1.165) is 108 Å². The molecule has 348 valence electrons. The van der Waals surface area contributed by atoms with Crippen molar-refractivity contribution in [1.82, 2.24) is 40.2 Å². The van der Waals surface area contributed by atoms with Gasteiger partial charge in [-0.05, 0) is 99.6 Å². The number of hydrogen-bond acceptors (Lipinski definition) is 8. The van der Waals surface area contributed by atoms with Gasteiger partial charge >= 0.3 is 0 Å². The number of carbonyl (C=O) groups excluding carboxylic acids is 2. The van der Waals surface area contributed by atoms with Crippen molar-refractivity contribution in [2.24, 2.45) is 10.8 Å². The highest BCUT2D eigenvalue weighted by Gasteiger charge is 2.32. The number of aromatic nitrogens is 6. The summed E-state index contributed by atoms with van der Waals surface area (Å²) in [6.07, 6.45) is 6.51. The van der Waals surface area contributed by atoms with Gasteiger partial charge in [0, 0.05) is 96.0 Å². The van der Waals surface area contributed by atoms with Crippen LogP contribution in [0.2, 0.25) is 0 Å². The Hall–Kier alpha value is -4.99. The molecule has 2 atom stereocenters. The third-order valence-corrected chi connectivity index (χ3v) is 14.4. The molecule has 2 aliphatic carbocycles. The number of anilines is 2. The Balaban J connectivity index is 0.000000175. The summed E-state index contributed by atoms with van der Waals surface area (Å²) in [5.74, 6) is 0.198. The van der Waals surface area contributed by atoms with Crippen LogP contribution in [0.15, 0.2) is 48.5 Å². The Kier molecular flexibility index (Phi) is 13.4. The van der Waals surface area contributed by atoms with Gasteiger partial charge in [0.1, 0.15) is 11.4 Å². The van der Waals surface area contributed by atoms with Gasteiger partial charge in [0.15, 0.2) is 0 Å². The van der Waals surface area contributed by atoms with E-state index in [1.165, 1.54) is 35.4 Å². The van der Waals surface area contributed by atoms with Gasteiger partial charge < -0.3 is 29.2 Å². The van der Waals surface area contributed by atoms with Crippen LogP contribution in [-0.4, -0.2) is 131 Å². The Morgan fingerprint density at radius 2 is 1.02 bits per heavy atom. The zero-order valence-electron chi connectivity index (χ0n) is 39.4. The molecule has 4 aromatic heterocycles. The summed E-state index contributed by atoms with van der Waals surface area (Å²) >= 11 is 0. The van der Waals surface area contributed by atoms with Crippen LogP contribution in [0.1, 0.15) is 76.9 Å². The lowest BCUT2D eigenvalue weighted by molar-refractivity contribution is -0.125. The zero-order valence-corrected chi connectivity index (χ0v) is 40.2. The average Bonchev–Trinajstić information content (AvgIpc) is 4.11. The van der Waals surface area contributed by atoms with E-state index < -0.39 is 0 Å². The third-order valence-electron chi connectivity index (χ3n) is 14.4. The summed E-state index contributed by atoms with van der Waals surface area (Å²) in [4.78, 5) is 41.2. The molecule has 2 saturated heterocycles. The van der Waals surface area contributed by atoms with Crippen LogP contribution in [0, 0.1) is 10.8 Å². The molecule has 2 fully saturated rings. The number of H-pyrrole nitrogens is 4. The van der Waals surface area contributed by atoms with Gasteiger partial charge in [-0.3, -0.25) is 29.6 Å². The number of aromatic amines is 4. The number of nitrogens with zero attached hydrogens (tertiary/aromatic N) is 6. The SMILES string of the molecule is C[C@@H](C(=O)N(C)c1ccc2cc(-c3n[nH]c4c3CCC(C)(C)C4)[nH]c2c1)N1CCOCC1.C[C@@H](C(=O)N(C)c1ccc2cc(-c3n[nH]c4c3CCC(C)(C)C4)[nH]c2c1)N1CCOCC1.Cl. The van der Waals surface area contributed by atoms with Gasteiger partial charge in [0.25, 0.3) is 0 Å². The van der Waals surface area contributed by atoms with Gasteiger partial charge in [-0.15, -0.1) is 12.4 Å². The van der Waals surface area contributed by atoms with Crippen molar-refractivity contribution in [3.8, 4) is 22.8 Å². The lowest BCUT2D eigenvalue weighted by atomic mass is 9.76. The molecular weight excluding hydrogens is 840 g/mol. The Morgan fingerprint density at radius 1 is 0.631 bits per heavy atom. The second-order valence-electron chi connectivity index (χ2n) is 20.1. The van der Waals surface area contributed by atoms with E-state index in [-0.39, 0.29) is 36.3 Å². The van der Waals surface area contributed by atoms with E-state index in [1.807, 2.05) is 40.1 Å². The van der Waals surface area contributed by atoms with Crippen molar-refractivity contribution < 1.29 is 19.1 Å². The molecular formula is C50H67ClN10O4. The molecule has 4 aliphatic rings. The molecule has 0 bridgehead atoms. The summed E-state index contributed by atoms with van der Waals surface area (Å²) in [5, 5.41) is 18.1. The first-order valence-corrected chi connectivity index (χ1v) is 23.2. The number of morpholine rings is 2. The van der Waals surface area contributed by atoms with Crippen LogP contribution < -0.4 is 9.80 Å². The molecule has 2 amide bonds. The number of halogens is 1. The minimum atomic E-state index is -0.168. The molecule has 0 spiro atoms. The van der Waals surface area contributed by atoms with Gasteiger partial charge in [0.2, 0.25) is 11.8 Å². The molecule has 2 aromatic carbocycles. The number of ether oxygens (including phenoxy) is 2. The predicted molar refractivity (Wildman–Crippen MR) is 261 cm³/mol. The summed E-state index contributed by atoms with van der Waals surface area (Å²) in [7, 11) is 3.71. The van der Waals surface area contributed by atoms with E-state index >= 15 is 0 Å². The van der Waals surface area contributed by atoms with E-state index in [0.29, 0.717) is 37.3 Å². The number of hydrogen-bond donors (Lipinski definition) is 4. The lowest BCUT2D eigenvalue weighted by Crippen LogP contribution is -2.50. The monoisotopic (exact) mass is 907 g/mol. The molecule has 0 unspecified atom stereocenters. The summed E-state index contributed by atoms with van der Waals surface area (Å²) < 4.78 is 10.8. The maximum atomic E-state index is 13.1. The van der Waals surface area contributed by atoms with Gasteiger partial charge in [-0.25, -0.2) is 0 Å². The highest BCUT2D eigenvalue weighted by atomic mass is 35.5. The van der Waals surface area contributed by atoms with E-state index in [9.17, 15) is 9.59 Å². The molecule has 0 radical (unpaired) electrons. The molecule has 0 saturated carbocycles. The van der Waals surface area contributed by atoms with Crippen LogP contribution in [0.4, 0.5) is 11.4 Å². The molecule has 15 heteroatoms. The minimum Gasteiger partial charge on any atom is -0.379 e. The number of carbonyl (C=O) groups is 2. The number of amides is 2. The summed E-state index contributed by atoms with van der Waals surface area (Å²) in [6, 6.07) is 16.3. The van der Waals surface area contributed by atoms with Crippen LogP contribution in [0.3, 0.4) is 0 Å². The van der Waals surface area contributed by atoms with E-state index in [4.69, 9.17) is 9.47 Å². The number of fused-ring (bicyclic) bond motifs is 4. The van der Waals surface area contributed by atoms with Crippen LogP contribution in [-0.2, 0) is 44.7 Å². The largest absolute Gasteiger partial charge is 0.379 e. The number of likely N-dealkylation sites (N-methyl/N-ethyl adjacent to an activating group) is 2. The van der Waals surface area contributed by atoms with Crippen LogP contribution in [0.25, 0.3) is 44.6 Å². The van der Waals surface area contributed by atoms with Crippen molar-refractivity contribution in [1.29, 1.82) is 0 Å². The smallest absolute Gasteiger partial charge is 0.243 e. The molecule has 6 aromatic rings. The summed E-state index contributed by atoms with van der Waals surface area (Å²) in [6.45, 7) is 19.2. The van der Waals surface area contributed by atoms with Crippen molar-refractivity contribution in [3.05, 3.63) is 71.0 Å². The van der Waals surface area contributed by atoms with E-state index in [2.05, 4.69) is 104 Å². The fourth-order valence-electron chi connectivity index (χ4n) is 10.1. The van der Waals surface area contributed by atoms with Crippen molar-refractivity contribution in [2.75, 3.05) is 76.5 Å². The zero-order chi connectivity index (χ0) is 44.9. The fraction of sp³-hybridized carbons (Fsp3) is 0.520. The first kappa shape index (κ1) is 46.5. The third kappa shape index (κ3) is 9.65. The first-order chi connectivity index (χ1) is 30.6. The van der Waals surface area contributed by atoms with Crippen LogP contribution >= 0.6 is 12.4 Å². The predicted octanol–water partition coefficient (Wildman–Crippen LogP) is 7.93. The molecule has 6 heterocycles. The molecule has 10 rings (SSSR count). The van der Waals surface area contributed by atoms with Crippen LogP contribution in [0.5, 0.6) is 0 Å². The molecule has 14 nitrogen and oxygen atoms in total. The van der Waals surface area contributed by atoms with Crippen molar-refractivity contribution >= 4 is 57.4 Å². The Labute approximate surface area is 388 Å². The first-order valence-electron chi connectivity index (χ1n) is 23.2. The maximum Gasteiger partial charge on any atom is 0.243 e. The second kappa shape index (κ2) is 18.7. The Bertz CT molecular complexity index is 2460.